The molecule has 66 valence electrons. The third-order valence-electron chi connectivity index (χ3n) is 0.853. The zero-order chi connectivity index (χ0) is 8.69. The van der Waals surface area contributed by atoms with Gasteiger partial charge < -0.3 is 0 Å². The molecule has 0 aliphatic carbocycles. The van der Waals surface area contributed by atoms with Crippen LogP contribution in [0, 0.1) is 0 Å². The smallest absolute Gasteiger partial charge is 0.272 e. The van der Waals surface area contributed by atoms with E-state index in [0.29, 0.717) is 6.54 Å². The molecule has 0 atom stereocenters. The number of nitrogens with one attached hydrogen (secondary N) is 4. The van der Waals surface area contributed by atoms with Gasteiger partial charge in [-0.3, -0.25) is 10.9 Å². The fourth-order valence-corrected chi connectivity index (χ4v) is 0.410. The lowest BCUT2D eigenvalue weighted by atomic mass is 10.4. The quantitative estimate of drug-likeness (QED) is 0.428. The van der Waals surface area contributed by atoms with Crippen molar-refractivity contribution in [3.05, 3.63) is 0 Å². The van der Waals surface area contributed by atoms with Crippen molar-refractivity contribution < 1.29 is 4.79 Å². The van der Waals surface area contributed by atoms with E-state index < -0.39 is 0 Å². The topological polar surface area (TPSA) is 65.2 Å². The van der Waals surface area contributed by atoms with Gasteiger partial charge in [-0.1, -0.05) is 6.92 Å². The molecular weight excluding hydrogens is 144 g/mol. The van der Waals surface area contributed by atoms with E-state index in [4.69, 9.17) is 0 Å². The minimum Gasteiger partial charge on any atom is -0.272 e. The largest absolute Gasteiger partial charge is 0.343 e. The Morgan fingerprint density at radius 3 is 2.45 bits per heavy atom. The second-order valence-corrected chi connectivity index (χ2v) is 2.41. The van der Waals surface area contributed by atoms with Crippen LogP contribution in [0.4, 0.5) is 4.79 Å². The van der Waals surface area contributed by atoms with Gasteiger partial charge >= 0.3 is 6.03 Å². The fraction of sp³-hybridized carbons (Fsp3) is 0.833. The van der Waals surface area contributed by atoms with Crippen LogP contribution in [-0.4, -0.2) is 18.6 Å². The van der Waals surface area contributed by atoms with Gasteiger partial charge in [0.1, 0.15) is 0 Å². The Kier molecular flexibility index (Phi) is 5.50. The number of carbonyl (C=O) groups is 1. The summed E-state index contributed by atoms with van der Waals surface area (Å²) in [7, 11) is 0. The molecule has 0 bridgehead atoms. The molecule has 0 spiro atoms. The predicted octanol–water partition coefficient (Wildman–Crippen LogP) is -0.277. The first-order valence-corrected chi connectivity index (χ1v) is 3.71. The first-order valence-electron chi connectivity index (χ1n) is 3.71. The lowest BCUT2D eigenvalue weighted by Gasteiger charge is -2.10. The molecule has 0 aromatic heterocycles. The summed E-state index contributed by atoms with van der Waals surface area (Å²) in [6, 6.07) is -0.0390. The number of hydrogen-bond acceptors (Lipinski definition) is 3. The van der Waals surface area contributed by atoms with E-state index in [1.165, 1.54) is 0 Å². The maximum Gasteiger partial charge on any atom is 0.343 e. The van der Waals surface area contributed by atoms with Crippen LogP contribution in [-0.2, 0) is 0 Å². The summed E-state index contributed by atoms with van der Waals surface area (Å²) < 4.78 is 0. The van der Waals surface area contributed by atoms with Crippen molar-refractivity contribution in [2.24, 2.45) is 0 Å². The van der Waals surface area contributed by atoms with E-state index in [1.54, 1.807) is 0 Å². The molecule has 0 aliphatic heterocycles. The van der Waals surface area contributed by atoms with Gasteiger partial charge in [-0.25, -0.2) is 15.6 Å². The third kappa shape index (κ3) is 7.08. The summed E-state index contributed by atoms with van der Waals surface area (Å²) in [6.45, 7) is 6.48. The first-order chi connectivity index (χ1) is 5.16. The highest BCUT2D eigenvalue weighted by Crippen LogP contribution is 1.69. The number of urea groups is 1. The minimum atomic E-state index is -0.277. The van der Waals surface area contributed by atoms with Gasteiger partial charge in [0, 0.05) is 12.6 Å². The molecule has 0 heterocycles. The Morgan fingerprint density at radius 1 is 1.36 bits per heavy atom. The van der Waals surface area contributed by atoms with E-state index in [1.807, 2.05) is 20.8 Å². The molecule has 0 unspecified atom stereocenters. The number of hydrazine groups is 2. The van der Waals surface area contributed by atoms with Gasteiger partial charge in [0.15, 0.2) is 0 Å². The van der Waals surface area contributed by atoms with Crippen LogP contribution in [0.25, 0.3) is 0 Å². The highest BCUT2D eigenvalue weighted by Gasteiger charge is 1.96. The summed E-state index contributed by atoms with van der Waals surface area (Å²) in [4.78, 5) is 10.8. The van der Waals surface area contributed by atoms with Crippen LogP contribution >= 0.6 is 0 Å². The van der Waals surface area contributed by atoms with Crippen LogP contribution < -0.4 is 21.7 Å². The molecule has 0 saturated carbocycles. The van der Waals surface area contributed by atoms with Crippen LogP contribution in [0.2, 0.25) is 0 Å². The summed E-state index contributed by atoms with van der Waals surface area (Å²) in [5.41, 5.74) is 10.3. The van der Waals surface area contributed by atoms with Crippen molar-refractivity contribution in [2.45, 2.75) is 26.8 Å². The molecule has 0 aromatic carbocycles. The second kappa shape index (κ2) is 5.94. The van der Waals surface area contributed by atoms with Gasteiger partial charge in [0.25, 0.3) is 0 Å². The van der Waals surface area contributed by atoms with Gasteiger partial charge in [-0.15, -0.1) is 0 Å². The van der Waals surface area contributed by atoms with E-state index >= 15 is 0 Å². The molecule has 0 aromatic rings. The third-order valence-corrected chi connectivity index (χ3v) is 0.853. The average Bonchev–Trinajstić information content (AvgIpc) is 1.97. The summed E-state index contributed by atoms with van der Waals surface area (Å²) in [6.07, 6.45) is 0. The molecule has 0 aliphatic rings. The SMILES string of the molecule is CCNNC(=O)NNC(C)C. The molecule has 0 radical (unpaired) electrons. The van der Waals surface area contributed by atoms with E-state index in [9.17, 15) is 4.79 Å². The Morgan fingerprint density at radius 2 is 2.00 bits per heavy atom. The molecular formula is C6H16N4O. The van der Waals surface area contributed by atoms with Gasteiger partial charge in [0.05, 0.1) is 0 Å². The van der Waals surface area contributed by atoms with Crippen LogP contribution in [0.1, 0.15) is 20.8 Å². The molecule has 11 heavy (non-hydrogen) atoms. The molecule has 0 rings (SSSR count). The number of amides is 2. The maximum absolute atomic E-state index is 10.8. The first kappa shape index (κ1) is 10.2. The Bertz CT molecular complexity index is 115. The van der Waals surface area contributed by atoms with Crippen LogP contribution in [0.3, 0.4) is 0 Å². The fourth-order valence-electron chi connectivity index (χ4n) is 0.410. The number of rotatable bonds is 4. The minimum absolute atomic E-state index is 0.238. The standard InChI is InChI=1S/C6H16N4O/c1-4-7-9-6(11)10-8-5(2)3/h5,7-8H,4H2,1-3H3,(H2,9,10,11). The second-order valence-electron chi connectivity index (χ2n) is 2.41. The Hall–Kier alpha value is -0.810. The Labute approximate surface area is 66.9 Å². The van der Waals surface area contributed by atoms with Crippen molar-refractivity contribution in [3.63, 3.8) is 0 Å². The monoisotopic (exact) mass is 160 g/mol. The normalized spacial score (nSPS) is 9.82. The highest BCUT2D eigenvalue weighted by molar-refractivity contribution is 5.72. The Balaban J connectivity index is 3.23. The molecule has 0 fully saturated rings. The van der Waals surface area contributed by atoms with Crippen molar-refractivity contribution >= 4 is 6.03 Å². The molecule has 5 nitrogen and oxygen atoms in total. The summed E-state index contributed by atoms with van der Waals surface area (Å²) >= 11 is 0. The zero-order valence-electron chi connectivity index (χ0n) is 7.19. The number of hydrogen-bond donors (Lipinski definition) is 4. The molecule has 4 N–H and O–H groups in total. The van der Waals surface area contributed by atoms with Gasteiger partial charge in [-0.05, 0) is 13.8 Å². The zero-order valence-corrected chi connectivity index (χ0v) is 7.19. The van der Waals surface area contributed by atoms with Crippen LogP contribution in [0.5, 0.6) is 0 Å². The van der Waals surface area contributed by atoms with Crippen molar-refractivity contribution in [3.8, 4) is 0 Å². The maximum atomic E-state index is 10.8. The predicted molar refractivity (Wildman–Crippen MR) is 43.6 cm³/mol. The number of carbonyl (C=O) groups excluding carboxylic acids is 1. The van der Waals surface area contributed by atoms with E-state index in [0.717, 1.165) is 0 Å². The summed E-state index contributed by atoms with van der Waals surface area (Å²) in [5, 5.41) is 0. The lowest BCUT2D eigenvalue weighted by molar-refractivity contribution is 0.230. The van der Waals surface area contributed by atoms with Gasteiger partial charge in [-0.2, -0.15) is 0 Å². The molecule has 0 saturated heterocycles. The van der Waals surface area contributed by atoms with E-state index in [-0.39, 0.29) is 12.1 Å². The van der Waals surface area contributed by atoms with Crippen LogP contribution in [0.15, 0.2) is 0 Å². The highest BCUT2D eigenvalue weighted by atomic mass is 16.2. The summed E-state index contributed by atoms with van der Waals surface area (Å²) in [5.74, 6) is 0. The van der Waals surface area contributed by atoms with E-state index in [2.05, 4.69) is 21.7 Å². The van der Waals surface area contributed by atoms with Crippen molar-refractivity contribution in [1.82, 2.24) is 21.7 Å². The van der Waals surface area contributed by atoms with Crippen molar-refractivity contribution in [1.29, 1.82) is 0 Å². The lowest BCUT2D eigenvalue weighted by Crippen LogP contribution is -2.51. The molecule has 5 heteroatoms. The van der Waals surface area contributed by atoms with Gasteiger partial charge in [0.2, 0.25) is 0 Å². The molecule has 2 amide bonds. The van der Waals surface area contributed by atoms with Crippen molar-refractivity contribution in [2.75, 3.05) is 6.54 Å². The average molecular weight is 160 g/mol.